The van der Waals surface area contributed by atoms with Gasteiger partial charge >= 0.3 is 11.8 Å². The molecule has 0 aliphatic heterocycles. The van der Waals surface area contributed by atoms with Gasteiger partial charge in [0.05, 0.1) is 12.2 Å². The third-order valence-electron chi connectivity index (χ3n) is 4.81. The average Bonchev–Trinajstić information content (AvgIpc) is 2.75. The van der Waals surface area contributed by atoms with Crippen LogP contribution >= 0.6 is 0 Å². The molecule has 0 fully saturated rings. The Kier molecular flexibility index (Phi) is 6.52. The highest BCUT2D eigenvalue weighted by atomic mass is 19.4. The molecule has 0 spiro atoms. The summed E-state index contributed by atoms with van der Waals surface area (Å²) in [5.74, 6) is 0.0999. The largest absolute Gasteiger partial charge is 0.492 e. The second-order valence-electron chi connectivity index (χ2n) is 7.30. The van der Waals surface area contributed by atoms with Crippen LogP contribution < -0.4 is 10.4 Å². The number of benzene rings is 2. The summed E-state index contributed by atoms with van der Waals surface area (Å²) < 4.78 is 56.1. The van der Waals surface area contributed by atoms with Crippen LogP contribution in [0.25, 0.3) is 22.1 Å². The molecule has 0 aliphatic carbocycles. The summed E-state index contributed by atoms with van der Waals surface area (Å²) in [5.41, 5.74) is -1.69. The molecule has 2 unspecified atom stereocenters. The predicted molar refractivity (Wildman–Crippen MR) is 110 cm³/mol. The molecule has 3 aromatic rings. The first kappa shape index (κ1) is 22.6. The minimum absolute atomic E-state index is 0.0999. The van der Waals surface area contributed by atoms with Crippen molar-refractivity contribution < 1.29 is 32.2 Å². The Morgan fingerprint density at radius 3 is 2.48 bits per heavy atom. The molecule has 2 aromatic carbocycles. The highest BCUT2D eigenvalue weighted by Crippen LogP contribution is 2.39. The Labute approximate surface area is 176 Å². The van der Waals surface area contributed by atoms with E-state index in [2.05, 4.69) is 6.58 Å². The monoisotopic (exact) mass is 434 g/mol. The molecule has 0 amide bonds. The number of aliphatic hydroxyl groups excluding tert-OH is 1. The van der Waals surface area contributed by atoms with Gasteiger partial charge in [0.15, 0.2) is 6.29 Å². The summed E-state index contributed by atoms with van der Waals surface area (Å²) in [4.78, 5) is 12.4. The number of ether oxygens (including phenoxy) is 2. The molecule has 8 heteroatoms. The summed E-state index contributed by atoms with van der Waals surface area (Å²) in [6.07, 6.45) is -5.19. The molecule has 0 radical (unpaired) electrons. The molecule has 1 N–H and O–H groups in total. The van der Waals surface area contributed by atoms with Gasteiger partial charge in [-0.25, -0.2) is 4.79 Å². The van der Waals surface area contributed by atoms with E-state index in [1.165, 1.54) is 12.1 Å². The standard InChI is InChI=1S/C23H21F3O5/c1-3-20(27)30-14-22(2,23(24,25)26)13-29-17-10-9-16-11-18(15-7-5-4-6-8-15)21(28)31-19(16)12-17/h3-12,20,27H,1,13-14H2,2H3. The van der Waals surface area contributed by atoms with E-state index in [1.54, 1.807) is 36.4 Å². The number of fused-ring (bicyclic) bond motifs is 1. The molecule has 1 aromatic heterocycles. The Balaban J connectivity index is 1.83. The lowest BCUT2D eigenvalue weighted by Crippen LogP contribution is -2.45. The van der Waals surface area contributed by atoms with Crippen LogP contribution in [0.4, 0.5) is 13.2 Å². The van der Waals surface area contributed by atoms with Crippen molar-refractivity contribution in [3.63, 3.8) is 0 Å². The van der Waals surface area contributed by atoms with Gasteiger partial charge in [0.2, 0.25) is 0 Å². The molecular weight excluding hydrogens is 413 g/mol. The van der Waals surface area contributed by atoms with Gasteiger partial charge in [0.25, 0.3) is 0 Å². The summed E-state index contributed by atoms with van der Waals surface area (Å²) in [5, 5.41) is 9.93. The molecule has 0 bridgehead atoms. The third kappa shape index (κ3) is 5.15. The lowest BCUT2D eigenvalue weighted by Gasteiger charge is -2.32. The maximum absolute atomic E-state index is 13.5. The Morgan fingerprint density at radius 2 is 1.84 bits per heavy atom. The molecule has 0 saturated heterocycles. The van der Waals surface area contributed by atoms with Crippen LogP contribution in [0.5, 0.6) is 5.75 Å². The van der Waals surface area contributed by atoms with Crippen molar-refractivity contribution in [1.82, 2.24) is 0 Å². The van der Waals surface area contributed by atoms with Gasteiger partial charge in [-0.2, -0.15) is 13.2 Å². The molecule has 2 atom stereocenters. The maximum Gasteiger partial charge on any atom is 0.399 e. The molecule has 31 heavy (non-hydrogen) atoms. The molecule has 3 rings (SSSR count). The number of hydrogen-bond acceptors (Lipinski definition) is 5. The highest BCUT2D eigenvalue weighted by Gasteiger charge is 2.52. The average molecular weight is 434 g/mol. The quantitative estimate of drug-likeness (QED) is 0.309. The molecule has 0 aliphatic rings. The Morgan fingerprint density at radius 1 is 1.13 bits per heavy atom. The summed E-state index contributed by atoms with van der Waals surface area (Å²) in [6.45, 7) is 2.59. The zero-order chi connectivity index (χ0) is 22.6. The molecule has 5 nitrogen and oxygen atoms in total. The first-order valence-corrected chi connectivity index (χ1v) is 9.38. The molecule has 1 heterocycles. The predicted octanol–water partition coefficient (Wildman–Crippen LogP) is 4.93. The lowest BCUT2D eigenvalue weighted by atomic mass is 9.92. The van der Waals surface area contributed by atoms with Crippen LogP contribution in [0, 0.1) is 5.41 Å². The molecule has 164 valence electrons. The fraction of sp³-hybridized carbons (Fsp3) is 0.261. The highest BCUT2D eigenvalue weighted by molar-refractivity contribution is 5.82. The number of aliphatic hydroxyl groups is 1. The first-order valence-electron chi connectivity index (χ1n) is 9.38. The summed E-state index contributed by atoms with van der Waals surface area (Å²) >= 11 is 0. The van der Waals surface area contributed by atoms with Gasteiger partial charge in [-0.3, -0.25) is 0 Å². The van der Waals surface area contributed by atoms with Crippen LogP contribution in [0.2, 0.25) is 0 Å². The second kappa shape index (κ2) is 8.95. The summed E-state index contributed by atoms with van der Waals surface area (Å²) in [7, 11) is 0. The van der Waals surface area contributed by atoms with E-state index in [9.17, 15) is 23.1 Å². The van der Waals surface area contributed by atoms with Crippen molar-refractivity contribution in [3.8, 4) is 16.9 Å². The zero-order valence-electron chi connectivity index (χ0n) is 16.7. The van der Waals surface area contributed by atoms with E-state index < -0.39 is 36.7 Å². The summed E-state index contributed by atoms with van der Waals surface area (Å²) in [6, 6.07) is 15.1. The van der Waals surface area contributed by atoms with Crippen LogP contribution in [0.15, 0.2) is 76.5 Å². The fourth-order valence-corrected chi connectivity index (χ4v) is 2.79. The van der Waals surface area contributed by atoms with E-state index in [0.29, 0.717) is 16.5 Å². The molecule has 0 saturated carbocycles. The maximum atomic E-state index is 13.5. The van der Waals surface area contributed by atoms with Crippen LogP contribution in [-0.4, -0.2) is 30.8 Å². The van der Waals surface area contributed by atoms with Crippen molar-refractivity contribution in [2.75, 3.05) is 13.2 Å². The second-order valence-corrected chi connectivity index (χ2v) is 7.30. The van der Waals surface area contributed by atoms with Crippen LogP contribution in [-0.2, 0) is 4.74 Å². The van der Waals surface area contributed by atoms with Gasteiger partial charge in [-0.15, -0.1) is 0 Å². The zero-order valence-corrected chi connectivity index (χ0v) is 16.7. The number of halogens is 3. The number of rotatable bonds is 8. The van der Waals surface area contributed by atoms with Gasteiger partial charge in [0, 0.05) is 11.5 Å². The normalized spacial score (nSPS) is 14.7. The molecular formula is C23H21F3O5. The minimum atomic E-state index is -4.65. The van der Waals surface area contributed by atoms with Crippen molar-refractivity contribution >= 4 is 11.0 Å². The van der Waals surface area contributed by atoms with E-state index in [4.69, 9.17) is 13.9 Å². The van der Waals surface area contributed by atoms with Crippen molar-refractivity contribution in [1.29, 1.82) is 0 Å². The number of hydrogen-bond donors (Lipinski definition) is 1. The minimum Gasteiger partial charge on any atom is -0.492 e. The van der Waals surface area contributed by atoms with Crippen molar-refractivity contribution in [2.24, 2.45) is 5.41 Å². The first-order chi connectivity index (χ1) is 14.6. The lowest BCUT2D eigenvalue weighted by molar-refractivity contribution is -0.252. The topological polar surface area (TPSA) is 68.9 Å². The van der Waals surface area contributed by atoms with Gasteiger partial charge in [-0.1, -0.05) is 36.9 Å². The van der Waals surface area contributed by atoms with Crippen molar-refractivity contribution in [3.05, 3.63) is 77.7 Å². The third-order valence-corrected chi connectivity index (χ3v) is 4.81. The number of alkyl halides is 3. The van der Waals surface area contributed by atoms with E-state index in [1.807, 2.05) is 6.07 Å². The van der Waals surface area contributed by atoms with E-state index >= 15 is 0 Å². The van der Waals surface area contributed by atoms with Gasteiger partial charge in [0.1, 0.15) is 23.4 Å². The Hall–Kier alpha value is -3.10. The SMILES string of the molecule is C=CC(O)OCC(C)(COc1ccc2cc(-c3ccccc3)c(=O)oc2c1)C(F)(F)F. The van der Waals surface area contributed by atoms with E-state index in [-0.39, 0.29) is 11.3 Å². The fourth-order valence-electron chi connectivity index (χ4n) is 2.79. The Bertz CT molecular complexity index is 1110. The van der Waals surface area contributed by atoms with Crippen LogP contribution in [0.3, 0.4) is 0 Å². The van der Waals surface area contributed by atoms with Gasteiger partial charge in [-0.05, 0) is 36.8 Å². The van der Waals surface area contributed by atoms with Crippen LogP contribution in [0.1, 0.15) is 6.92 Å². The smallest absolute Gasteiger partial charge is 0.399 e. The van der Waals surface area contributed by atoms with E-state index in [0.717, 1.165) is 13.0 Å². The van der Waals surface area contributed by atoms with Gasteiger partial charge < -0.3 is 19.0 Å². The van der Waals surface area contributed by atoms with Crippen molar-refractivity contribution in [2.45, 2.75) is 19.4 Å².